The minimum Gasteiger partial charge on any atom is -0.508 e. The highest BCUT2D eigenvalue weighted by molar-refractivity contribution is 5.82. The molecule has 0 radical (unpaired) electrons. The molecule has 2 aromatic rings. The van der Waals surface area contributed by atoms with Gasteiger partial charge >= 0.3 is 5.97 Å². The molecule has 21 heavy (non-hydrogen) atoms. The Kier molecular flexibility index (Phi) is 4.82. The van der Waals surface area contributed by atoms with Gasteiger partial charge in [0.1, 0.15) is 17.4 Å². The molecule has 2 rings (SSSR count). The highest BCUT2D eigenvalue weighted by Crippen LogP contribution is 2.28. The number of esters is 1. The van der Waals surface area contributed by atoms with Crippen molar-refractivity contribution in [1.29, 1.82) is 0 Å². The number of phenols is 2. The van der Waals surface area contributed by atoms with Crippen LogP contribution in [0.5, 0.6) is 11.5 Å². The molecule has 0 bridgehead atoms. The number of hydrogen-bond acceptors (Lipinski definition) is 4. The van der Waals surface area contributed by atoms with Gasteiger partial charge < -0.3 is 14.9 Å². The van der Waals surface area contributed by atoms with Crippen molar-refractivity contribution in [2.24, 2.45) is 0 Å². The third kappa shape index (κ3) is 3.75. The quantitative estimate of drug-likeness (QED) is 0.828. The van der Waals surface area contributed by atoms with Gasteiger partial charge in [0.15, 0.2) is 0 Å². The van der Waals surface area contributed by atoms with Crippen LogP contribution in [0.2, 0.25) is 0 Å². The summed E-state index contributed by atoms with van der Waals surface area (Å²) in [6.07, 6.45) is 0.754. The number of ether oxygens (including phenoxy) is 1. The summed E-state index contributed by atoms with van der Waals surface area (Å²) in [5.74, 6) is -0.624. The van der Waals surface area contributed by atoms with Crippen LogP contribution in [-0.4, -0.2) is 22.8 Å². The lowest BCUT2D eigenvalue weighted by molar-refractivity contribution is -0.144. The van der Waals surface area contributed by atoms with E-state index in [1.807, 2.05) is 6.92 Å². The van der Waals surface area contributed by atoms with Gasteiger partial charge in [0, 0.05) is 0 Å². The standard InChI is InChI=1S/C17H18O4/c1-2-11-21-17(20)16(12-3-7-14(18)8-4-12)13-5-9-15(19)10-6-13/h3-10,16,18-19H,2,11H2,1H3. The minimum absolute atomic E-state index is 0.144. The number of aromatic hydroxyl groups is 2. The molecule has 4 heteroatoms. The van der Waals surface area contributed by atoms with Gasteiger partial charge in [0.2, 0.25) is 0 Å². The van der Waals surface area contributed by atoms with Crippen LogP contribution in [-0.2, 0) is 9.53 Å². The van der Waals surface area contributed by atoms with Gasteiger partial charge in [-0.15, -0.1) is 0 Å². The first-order valence-corrected chi connectivity index (χ1v) is 6.86. The van der Waals surface area contributed by atoms with Crippen LogP contribution in [0.15, 0.2) is 48.5 Å². The molecule has 0 saturated carbocycles. The molecule has 0 atom stereocenters. The van der Waals surface area contributed by atoms with Crippen LogP contribution in [0.4, 0.5) is 0 Å². The zero-order valence-electron chi connectivity index (χ0n) is 11.8. The third-order valence-electron chi connectivity index (χ3n) is 3.14. The second-order valence-electron chi connectivity index (χ2n) is 4.78. The van der Waals surface area contributed by atoms with E-state index in [4.69, 9.17) is 4.74 Å². The number of carbonyl (C=O) groups is 1. The Morgan fingerprint density at radius 3 is 1.76 bits per heavy atom. The summed E-state index contributed by atoms with van der Waals surface area (Å²) < 4.78 is 5.26. The summed E-state index contributed by atoms with van der Waals surface area (Å²) in [6.45, 7) is 2.30. The van der Waals surface area contributed by atoms with Crippen molar-refractivity contribution < 1.29 is 19.7 Å². The van der Waals surface area contributed by atoms with E-state index in [0.717, 1.165) is 17.5 Å². The van der Waals surface area contributed by atoms with Crippen LogP contribution in [0.3, 0.4) is 0 Å². The molecule has 0 amide bonds. The van der Waals surface area contributed by atoms with E-state index >= 15 is 0 Å². The van der Waals surface area contributed by atoms with E-state index in [1.54, 1.807) is 24.3 Å². The molecular formula is C17H18O4. The molecule has 4 nitrogen and oxygen atoms in total. The van der Waals surface area contributed by atoms with Crippen molar-refractivity contribution in [2.45, 2.75) is 19.3 Å². The number of carbonyl (C=O) groups excluding carboxylic acids is 1. The Morgan fingerprint density at radius 1 is 0.952 bits per heavy atom. The first-order chi connectivity index (χ1) is 10.1. The number of phenolic OH excluding ortho intramolecular Hbond substituents is 2. The first-order valence-electron chi connectivity index (χ1n) is 6.86. The summed E-state index contributed by atoms with van der Waals surface area (Å²) in [4.78, 5) is 12.3. The van der Waals surface area contributed by atoms with E-state index in [9.17, 15) is 15.0 Å². The Balaban J connectivity index is 2.36. The smallest absolute Gasteiger partial charge is 0.317 e. The van der Waals surface area contributed by atoms with Crippen LogP contribution in [0, 0.1) is 0 Å². The number of hydrogen-bond donors (Lipinski definition) is 2. The molecular weight excluding hydrogens is 268 g/mol. The van der Waals surface area contributed by atoms with Crippen LogP contribution in [0.1, 0.15) is 30.4 Å². The maximum absolute atomic E-state index is 12.3. The van der Waals surface area contributed by atoms with Gasteiger partial charge in [-0.2, -0.15) is 0 Å². The molecule has 2 aromatic carbocycles. The summed E-state index contributed by atoms with van der Waals surface area (Å²) in [5.41, 5.74) is 1.47. The predicted molar refractivity (Wildman–Crippen MR) is 79.3 cm³/mol. The zero-order valence-corrected chi connectivity index (χ0v) is 11.8. The summed E-state index contributed by atoms with van der Waals surface area (Å²) in [7, 11) is 0. The molecule has 0 unspecified atom stereocenters. The Hall–Kier alpha value is -2.49. The minimum atomic E-state index is -0.572. The van der Waals surface area contributed by atoms with E-state index in [-0.39, 0.29) is 17.5 Å². The highest BCUT2D eigenvalue weighted by Gasteiger charge is 2.24. The second kappa shape index (κ2) is 6.79. The second-order valence-corrected chi connectivity index (χ2v) is 4.78. The van der Waals surface area contributed by atoms with Crippen molar-refractivity contribution in [3.05, 3.63) is 59.7 Å². The number of rotatable bonds is 5. The van der Waals surface area contributed by atoms with Crippen molar-refractivity contribution in [2.75, 3.05) is 6.61 Å². The molecule has 0 heterocycles. The van der Waals surface area contributed by atoms with E-state index in [0.29, 0.717) is 6.61 Å². The Labute approximate surface area is 123 Å². The third-order valence-corrected chi connectivity index (χ3v) is 3.14. The molecule has 0 aliphatic rings. The number of benzene rings is 2. The molecule has 0 aliphatic heterocycles. The summed E-state index contributed by atoms with van der Waals surface area (Å²) >= 11 is 0. The van der Waals surface area contributed by atoms with Crippen molar-refractivity contribution >= 4 is 5.97 Å². The normalized spacial score (nSPS) is 10.6. The average Bonchev–Trinajstić information content (AvgIpc) is 2.49. The SMILES string of the molecule is CCCOC(=O)C(c1ccc(O)cc1)c1ccc(O)cc1. The molecule has 2 N–H and O–H groups in total. The van der Waals surface area contributed by atoms with Gasteiger partial charge in [-0.05, 0) is 41.8 Å². The fourth-order valence-corrected chi connectivity index (χ4v) is 2.08. The van der Waals surface area contributed by atoms with Gasteiger partial charge in [0.25, 0.3) is 0 Å². The van der Waals surface area contributed by atoms with Gasteiger partial charge in [-0.25, -0.2) is 0 Å². The maximum Gasteiger partial charge on any atom is 0.317 e. The molecule has 0 fully saturated rings. The van der Waals surface area contributed by atoms with Crippen LogP contribution in [0.25, 0.3) is 0 Å². The van der Waals surface area contributed by atoms with Gasteiger partial charge in [0.05, 0.1) is 6.61 Å². The highest BCUT2D eigenvalue weighted by atomic mass is 16.5. The summed E-state index contributed by atoms with van der Waals surface area (Å²) in [6, 6.07) is 12.9. The lowest BCUT2D eigenvalue weighted by Gasteiger charge is -2.17. The molecule has 0 aliphatic carbocycles. The van der Waals surface area contributed by atoms with E-state index < -0.39 is 5.92 Å². The Bertz CT molecular complexity index is 542. The fourth-order valence-electron chi connectivity index (χ4n) is 2.08. The topological polar surface area (TPSA) is 66.8 Å². The van der Waals surface area contributed by atoms with Crippen molar-refractivity contribution in [1.82, 2.24) is 0 Å². The Morgan fingerprint density at radius 2 is 1.38 bits per heavy atom. The van der Waals surface area contributed by atoms with Crippen LogP contribution < -0.4 is 0 Å². The molecule has 0 saturated heterocycles. The molecule has 110 valence electrons. The predicted octanol–water partition coefficient (Wildman–Crippen LogP) is 3.18. The molecule has 0 spiro atoms. The lowest BCUT2D eigenvalue weighted by Crippen LogP contribution is -2.17. The van der Waals surface area contributed by atoms with Gasteiger partial charge in [-0.1, -0.05) is 31.2 Å². The van der Waals surface area contributed by atoms with Crippen molar-refractivity contribution in [3.8, 4) is 11.5 Å². The zero-order chi connectivity index (χ0) is 15.2. The maximum atomic E-state index is 12.3. The average molecular weight is 286 g/mol. The summed E-state index contributed by atoms with van der Waals surface area (Å²) in [5, 5.41) is 18.8. The monoisotopic (exact) mass is 286 g/mol. The molecule has 0 aromatic heterocycles. The first kappa shape index (κ1) is 14.9. The lowest BCUT2D eigenvalue weighted by atomic mass is 9.91. The fraction of sp³-hybridized carbons (Fsp3) is 0.235. The van der Waals surface area contributed by atoms with E-state index in [1.165, 1.54) is 24.3 Å². The van der Waals surface area contributed by atoms with E-state index in [2.05, 4.69) is 0 Å². The van der Waals surface area contributed by atoms with Gasteiger partial charge in [-0.3, -0.25) is 4.79 Å². The largest absolute Gasteiger partial charge is 0.508 e. The van der Waals surface area contributed by atoms with Crippen molar-refractivity contribution in [3.63, 3.8) is 0 Å². The van der Waals surface area contributed by atoms with Crippen LogP contribution >= 0.6 is 0 Å².